The summed E-state index contributed by atoms with van der Waals surface area (Å²) in [5, 5.41) is 0. The zero-order valence-electron chi connectivity index (χ0n) is 8.55. The van der Waals surface area contributed by atoms with E-state index < -0.39 is 16.8 Å². The van der Waals surface area contributed by atoms with Crippen LogP contribution in [0, 0.1) is 0 Å². The molecule has 0 saturated carbocycles. The molecular formula is C10H15NO3S. The first kappa shape index (κ1) is 12.3. The largest absolute Gasteiger partial charge is 0.356 e. The van der Waals surface area contributed by atoms with E-state index in [2.05, 4.69) is 0 Å². The fourth-order valence-corrected chi connectivity index (χ4v) is 1.99. The molecule has 0 aliphatic heterocycles. The molecule has 84 valence electrons. The minimum absolute atomic E-state index is 0.134. The maximum absolute atomic E-state index is 10.8. The van der Waals surface area contributed by atoms with Crippen LogP contribution in [0.25, 0.3) is 0 Å². The highest BCUT2D eigenvalue weighted by Crippen LogP contribution is 2.20. The van der Waals surface area contributed by atoms with Gasteiger partial charge in [-0.3, -0.25) is 5.73 Å². The molecule has 2 unspecified atom stereocenters. The Morgan fingerprint density at radius 2 is 2.07 bits per heavy atom. The molecule has 2 atom stereocenters. The third-order valence-electron chi connectivity index (χ3n) is 2.00. The van der Waals surface area contributed by atoms with Crippen molar-refractivity contribution < 1.29 is 13.5 Å². The first-order valence-electron chi connectivity index (χ1n) is 4.64. The van der Waals surface area contributed by atoms with Crippen molar-refractivity contribution in [1.82, 2.24) is 0 Å². The Bertz CT molecular complexity index is 331. The lowest BCUT2D eigenvalue weighted by Crippen LogP contribution is -2.44. The highest BCUT2D eigenvalue weighted by atomic mass is 32.2. The van der Waals surface area contributed by atoms with Crippen LogP contribution in [0.4, 0.5) is 0 Å². The Kier molecular flexibility index (Phi) is 4.41. The number of ether oxygens (including phenoxy) is 1. The Labute approximate surface area is 91.7 Å². The molecule has 0 aliphatic carbocycles. The highest BCUT2D eigenvalue weighted by Gasteiger charge is 2.29. The lowest BCUT2D eigenvalue weighted by molar-refractivity contribution is -0.0216. The van der Waals surface area contributed by atoms with E-state index >= 15 is 0 Å². The van der Waals surface area contributed by atoms with Crippen LogP contribution < -0.4 is 5.73 Å². The Balaban J connectivity index is 2.95. The maximum Gasteiger partial charge on any atom is 0.157 e. The smallest absolute Gasteiger partial charge is 0.157 e. The van der Waals surface area contributed by atoms with E-state index in [1.54, 1.807) is 19.1 Å². The van der Waals surface area contributed by atoms with Gasteiger partial charge in [-0.05, 0) is 12.5 Å². The fourth-order valence-electron chi connectivity index (χ4n) is 1.37. The van der Waals surface area contributed by atoms with Gasteiger partial charge in [-0.2, -0.15) is 0 Å². The average Bonchev–Trinajstić information content (AvgIpc) is 2.18. The molecule has 4 nitrogen and oxygen atoms in total. The van der Waals surface area contributed by atoms with Gasteiger partial charge in [0.15, 0.2) is 16.8 Å². The van der Waals surface area contributed by atoms with Gasteiger partial charge in [0.25, 0.3) is 0 Å². The molecule has 0 amide bonds. The van der Waals surface area contributed by atoms with Crippen molar-refractivity contribution in [2.45, 2.75) is 12.6 Å². The van der Waals surface area contributed by atoms with Crippen molar-refractivity contribution in [1.29, 1.82) is 0 Å². The second-order valence-corrected chi connectivity index (χ2v) is 4.09. The molecule has 1 rings (SSSR count). The van der Waals surface area contributed by atoms with Crippen molar-refractivity contribution in [3.63, 3.8) is 0 Å². The standard InChI is InChI=1S/C10H15NO3S/c1-2-14-10(11,8-15(12)13)9-6-4-3-5-7-9/h3-7H,2,8,11H2,1H3,(H,12,13). The van der Waals surface area contributed by atoms with Gasteiger partial charge >= 0.3 is 0 Å². The summed E-state index contributed by atoms with van der Waals surface area (Å²) in [6, 6.07) is 9.04. The molecular weight excluding hydrogens is 214 g/mol. The maximum atomic E-state index is 10.8. The molecule has 0 spiro atoms. The predicted octanol–water partition coefficient (Wildman–Crippen LogP) is 1.06. The van der Waals surface area contributed by atoms with Gasteiger partial charge in [-0.1, -0.05) is 30.3 Å². The summed E-state index contributed by atoms with van der Waals surface area (Å²) in [5.41, 5.74) is 5.47. The van der Waals surface area contributed by atoms with Crippen LogP contribution in [0.2, 0.25) is 0 Å². The summed E-state index contributed by atoms with van der Waals surface area (Å²) < 4.78 is 25.1. The van der Waals surface area contributed by atoms with Crippen molar-refractivity contribution in [2.75, 3.05) is 12.4 Å². The van der Waals surface area contributed by atoms with Crippen LogP contribution in [0.3, 0.4) is 0 Å². The zero-order chi connectivity index (χ0) is 11.3. The van der Waals surface area contributed by atoms with E-state index in [4.69, 9.17) is 15.0 Å². The molecule has 0 radical (unpaired) electrons. The van der Waals surface area contributed by atoms with Gasteiger partial charge in [-0.15, -0.1) is 0 Å². The molecule has 15 heavy (non-hydrogen) atoms. The van der Waals surface area contributed by atoms with E-state index in [1.807, 2.05) is 18.2 Å². The summed E-state index contributed by atoms with van der Waals surface area (Å²) in [6.45, 7) is 2.19. The van der Waals surface area contributed by atoms with Gasteiger partial charge in [-0.25, -0.2) is 4.21 Å². The Morgan fingerprint density at radius 3 is 2.53 bits per heavy atom. The third kappa shape index (κ3) is 3.39. The summed E-state index contributed by atoms with van der Waals surface area (Å²) in [4.78, 5) is 0. The average molecular weight is 229 g/mol. The molecule has 0 aromatic heterocycles. The second-order valence-electron chi connectivity index (χ2n) is 3.15. The number of hydrogen-bond donors (Lipinski definition) is 2. The predicted molar refractivity (Wildman–Crippen MR) is 59.6 cm³/mol. The Morgan fingerprint density at radius 1 is 1.47 bits per heavy atom. The van der Waals surface area contributed by atoms with E-state index in [9.17, 15) is 4.21 Å². The molecule has 0 aliphatic rings. The lowest BCUT2D eigenvalue weighted by Gasteiger charge is -2.28. The number of rotatable bonds is 5. The van der Waals surface area contributed by atoms with E-state index in [1.165, 1.54) is 0 Å². The quantitative estimate of drug-likeness (QED) is 0.585. The first-order valence-corrected chi connectivity index (χ1v) is 5.92. The van der Waals surface area contributed by atoms with Crippen molar-refractivity contribution >= 4 is 11.1 Å². The molecule has 0 saturated heterocycles. The van der Waals surface area contributed by atoms with Gasteiger partial charge in [0.2, 0.25) is 0 Å². The molecule has 1 aromatic rings. The summed E-state index contributed by atoms with van der Waals surface area (Å²) in [6.07, 6.45) is 0. The van der Waals surface area contributed by atoms with Crippen molar-refractivity contribution in [3.8, 4) is 0 Å². The molecule has 0 fully saturated rings. The fraction of sp³-hybridized carbons (Fsp3) is 0.400. The summed E-state index contributed by atoms with van der Waals surface area (Å²) >= 11 is -1.99. The number of benzene rings is 1. The molecule has 3 N–H and O–H groups in total. The summed E-state index contributed by atoms with van der Waals surface area (Å²) in [7, 11) is 0. The molecule has 0 heterocycles. The first-order chi connectivity index (χ1) is 7.08. The van der Waals surface area contributed by atoms with Crippen LogP contribution in [-0.4, -0.2) is 21.1 Å². The van der Waals surface area contributed by atoms with Crippen LogP contribution in [0.15, 0.2) is 30.3 Å². The van der Waals surface area contributed by atoms with Crippen molar-refractivity contribution in [3.05, 3.63) is 35.9 Å². The lowest BCUT2D eigenvalue weighted by atomic mass is 10.1. The van der Waals surface area contributed by atoms with Crippen LogP contribution in [0.1, 0.15) is 12.5 Å². The number of hydrogen-bond acceptors (Lipinski definition) is 3. The number of nitrogens with two attached hydrogens (primary N) is 1. The SMILES string of the molecule is CCOC(N)(CS(=O)O)c1ccccc1. The highest BCUT2D eigenvalue weighted by molar-refractivity contribution is 7.79. The molecule has 0 bridgehead atoms. The minimum atomic E-state index is -1.99. The normalized spacial score (nSPS) is 17.0. The zero-order valence-corrected chi connectivity index (χ0v) is 9.37. The van der Waals surface area contributed by atoms with Gasteiger partial charge < -0.3 is 9.29 Å². The van der Waals surface area contributed by atoms with Gasteiger partial charge in [0.05, 0.1) is 5.75 Å². The van der Waals surface area contributed by atoms with E-state index in [-0.39, 0.29) is 5.75 Å². The minimum Gasteiger partial charge on any atom is -0.356 e. The summed E-state index contributed by atoms with van der Waals surface area (Å²) in [5.74, 6) is -0.134. The van der Waals surface area contributed by atoms with E-state index in [0.717, 1.165) is 0 Å². The topological polar surface area (TPSA) is 72.5 Å². The van der Waals surface area contributed by atoms with Gasteiger partial charge in [0.1, 0.15) is 0 Å². The van der Waals surface area contributed by atoms with E-state index in [0.29, 0.717) is 12.2 Å². The van der Waals surface area contributed by atoms with Crippen molar-refractivity contribution in [2.24, 2.45) is 5.73 Å². The third-order valence-corrected chi connectivity index (χ3v) is 2.68. The second kappa shape index (κ2) is 5.37. The van der Waals surface area contributed by atoms with Crippen LogP contribution in [-0.2, 0) is 21.5 Å². The van der Waals surface area contributed by atoms with Crippen LogP contribution >= 0.6 is 0 Å². The molecule has 1 aromatic carbocycles. The monoisotopic (exact) mass is 229 g/mol. The van der Waals surface area contributed by atoms with Gasteiger partial charge in [0, 0.05) is 6.61 Å². The molecule has 5 heteroatoms. The van der Waals surface area contributed by atoms with Crippen LogP contribution in [0.5, 0.6) is 0 Å². The Hall–Kier alpha value is -0.750.